The van der Waals surface area contributed by atoms with Gasteiger partial charge in [0.2, 0.25) is 0 Å². The molecule has 1 aliphatic rings. The van der Waals surface area contributed by atoms with E-state index < -0.39 is 0 Å². The summed E-state index contributed by atoms with van der Waals surface area (Å²) in [5.41, 5.74) is 3.64. The molecule has 0 fully saturated rings. The number of pyridine rings is 1. The first-order valence-corrected chi connectivity index (χ1v) is 8.83. The normalized spacial score (nSPS) is 13.5. The second-order valence-corrected chi connectivity index (χ2v) is 6.51. The van der Waals surface area contributed by atoms with E-state index in [2.05, 4.69) is 16.3 Å². The zero-order valence-corrected chi connectivity index (χ0v) is 14.7. The molecule has 1 aromatic heterocycles. The highest BCUT2D eigenvalue weighted by Gasteiger charge is 2.22. The van der Waals surface area contributed by atoms with E-state index in [0.717, 1.165) is 47.2 Å². The molecule has 0 bridgehead atoms. The number of hydrogen-bond donors (Lipinski definition) is 2. The zero-order chi connectivity index (χ0) is 18.1. The predicted molar refractivity (Wildman–Crippen MR) is 103 cm³/mol. The molecule has 0 saturated carbocycles. The second-order valence-electron chi connectivity index (χ2n) is 6.51. The number of carbonyl (C=O) groups is 1. The van der Waals surface area contributed by atoms with Crippen molar-refractivity contribution in [1.29, 1.82) is 0 Å². The molecule has 1 aliphatic heterocycles. The molecule has 2 heterocycles. The van der Waals surface area contributed by atoms with Crippen molar-refractivity contribution in [2.24, 2.45) is 0 Å². The number of nitrogens with one attached hydrogen (secondary N) is 1. The second kappa shape index (κ2) is 6.77. The minimum atomic E-state index is -0.190. The molecule has 5 nitrogen and oxygen atoms in total. The van der Waals surface area contributed by atoms with E-state index >= 15 is 0 Å². The van der Waals surface area contributed by atoms with Crippen LogP contribution in [0.4, 0.5) is 11.5 Å². The van der Waals surface area contributed by atoms with Gasteiger partial charge in [0.1, 0.15) is 11.5 Å². The van der Waals surface area contributed by atoms with Gasteiger partial charge >= 0.3 is 0 Å². The van der Waals surface area contributed by atoms with Gasteiger partial charge in [0.05, 0.1) is 6.61 Å². The third-order valence-electron chi connectivity index (χ3n) is 4.88. The number of hydrogen-bond acceptors (Lipinski definition) is 4. The number of aliphatic hydroxyl groups is 1. The van der Waals surface area contributed by atoms with Gasteiger partial charge in [-0.1, -0.05) is 36.4 Å². The summed E-state index contributed by atoms with van der Waals surface area (Å²) in [6.45, 7) is 0.889. The summed E-state index contributed by atoms with van der Waals surface area (Å²) in [6, 6.07) is 15.9. The van der Waals surface area contributed by atoms with Crippen LogP contribution in [-0.2, 0) is 13.0 Å². The highest BCUT2D eigenvalue weighted by atomic mass is 16.3. The molecule has 3 aromatic rings. The summed E-state index contributed by atoms with van der Waals surface area (Å²) in [5, 5.41) is 14.1. The summed E-state index contributed by atoms with van der Waals surface area (Å²) in [4.78, 5) is 19.1. The van der Waals surface area contributed by atoms with Gasteiger partial charge in [-0.15, -0.1) is 0 Å². The zero-order valence-electron chi connectivity index (χ0n) is 14.7. The highest BCUT2D eigenvalue weighted by Crippen LogP contribution is 2.36. The average Bonchev–Trinajstić information content (AvgIpc) is 2.71. The van der Waals surface area contributed by atoms with E-state index in [-0.39, 0.29) is 12.5 Å². The Kier molecular flexibility index (Phi) is 4.31. The van der Waals surface area contributed by atoms with Crippen molar-refractivity contribution in [3.63, 3.8) is 0 Å². The first-order valence-electron chi connectivity index (χ1n) is 8.83. The molecule has 132 valence electrons. The summed E-state index contributed by atoms with van der Waals surface area (Å²) in [5.74, 6) is 0.615. The molecule has 1 amide bonds. The molecule has 4 rings (SSSR count). The van der Waals surface area contributed by atoms with E-state index in [9.17, 15) is 9.90 Å². The van der Waals surface area contributed by atoms with Crippen LogP contribution in [0.2, 0.25) is 0 Å². The quantitative estimate of drug-likeness (QED) is 0.764. The van der Waals surface area contributed by atoms with E-state index in [1.807, 2.05) is 42.5 Å². The molecule has 0 radical (unpaired) electrons. The van der Waals surface area contributed by atoms with Gasteiger partial charge in [-0.25, -0.2) is 4.98 Å². The topological polar surface area (TPSA) is 65.5 Å². The molecular formula is C21H21N3O2. The average molecular weight is 347 g/mol. The molecule has 2 aromatic carbocycles. The Balaban J connectivity index is 1.91. The molecular weight excluding hydrogens is 326 g/mol. The fourth-order valence-electron chi connectivity index (χ4n) is 3.60. The predicted octanol–water partition coefficient (Wildman–Crippen LogP) is 3.17. The Bertz CT molecular complexity index is 984. The number of amides is 1. The van der Waals surface area contributed by atoms with Gasteiger partial charge in [-0.05, 0) is 41.5 Å². The Morgan fingerprint density at radius 3 is 2.88 bits per heavy atom. The van der Waals surface area contributed by atoms with Crippen molar-refractivity contribution in [1.82, 2.24) is 10.3 Å². The molecule has 0 atom stereocenters. The number of benzene rings is 2. The smallest absolute Gasteiger partial charge is 0.269 e. The van der Waals surface area contributed by atoms with Crippen LogP contribution in [0.1, 0.15) is 28.0 Å². The fourth-order valence-corrected chi connectivity index (χ4v) is 3.60. The number of fused-ring (bicyclic) bond motifs is 2. The van der Waals surface area contributed by atoms with Crippen LogP contribution >= 0.6 is 0 Å². The van der Waals surface area contributed by atoms with Gasteiger partial charge in [-0.3, -0.25) is 4.79 Å². The summed E-state index contributed by atoms with van der Waals surface area (Å²) < 4.78 is 0. The Labute approximate surface area is 152 Å². The highest BCUT2D eigenvalue weighted by molar-refractivity contribution is 6.01. The molecule has 0 unspecified atom stereocenters. The van der Waals surface area contributed by atoms with Crippen molar-refractivity contribution in [2.45, 2.75) is 19.4 Å². The molecule has 26 heavy (non-hydrogen) atoms. The lowest BCUT2D eigenvalue weighted by atomic mass is 9.98. The standard InChI is InChI=1S/C21H21N3O2/c1-22-21(26)18-12-15-5-2-3-7-17(15)20(23-18)24-10-4-6-16-11-14(13-25)8-9-19(16)24/h2-3,5,7-9,11-12,25H,4,6,10,13H2,1H3,(H,22,26). The first kappa shape index (κ1) is 16.5. The largest absolute Gasteiger partial charge is 0.392 e. The SMILES string of the molecule is CNC(=O)c1cc2ccccc2c(N2CCCc3cc(CO)ccc32)n1. The molecule has 0 saturated heterocycles. The molecule has 5 heteroatoms. The third kappa shape index (κ3) is 2.80. The fraction of sp³-hybridized carbons (Fsp3) is 0.238. The van der Waals surface area contributed by atoms with Gasteiger partial charge in [0.15, 0.2) is 0 Å². The van der Waals surface area contributed by atoms with Gasteiger partial charge < -0.3 is 15.3 Å². The lowest BCUT2D eigenvalue weighted by molar-refractivity contribution is 0.0958. The van der Waals surface area contributed by atoms with E-state index in [1.165, 1.54) is 5.56 Å². The van der Waals surface area contributed by atoms with Crippen LogP contribution in [-0.4, -0.2) is 29.6 Å². The minimum absolute atomic E-state index is 0.0423. The van der Waals surface area contributed by atoms with E-state index in [4.69, 9.17) is 4.98 Å². The maximum Gasteiger partial charge on any atom is 0.269 e. The van der Waals surface area contributed by atoms with Crippen LogP contribution in [0.5, 0.6) is 0 Å². The van der Waals surface area contributed by atoms with E-state index in [1.54, 1.807) is 7.05 Å². The Hall–Kier alpha value is -2.92. The summed E-state index contributed by atoms with van der Waals surface area (Å²) in [6.07, 6.45) is 1.98. The lowest BCUT2D eigenvalue weighted by Crippen LogP contribution is -2.27. The van der Waals surface area contributed by atoms with Gasteiger partial charge in [0.25, 0.3) is 5.91 Å². The summed E-state index contributed by atoms with van der Waals surface area (Å²) >= 11 is 0. The first-order chi connectivity index (χ1) is 12.7. The number of aryl methyl sites for hydroxylation is 1. The Morgan fingerprint density at radius 2 is 2.08 bits per heavy atom. The lowest BCUT2D eigenvalue weighted by Gasteiger charge is -2.32. The van der Waals surface area contributed by atoms with Crippen LogP contribution in [0.3, 0.4) is 0 Å². The number of carbonyl (C=O) groups excluding carboxylic acids is 1. The minimum Gasteiger partial charge on any atom is -0.392 e. The van der Waals surface area contributed by atoms with Crippen molar-refractivity contribution in [2.75, 3.05) is 18.5 Å². The maximum atomic E-state index is 12.2. The van der Waals surface area contributed by atoms with Crippen molar-refractivity contribution in [3.05, 3.63) is 65.4 Å². The number of aliphatic hydroxyl groups excluding tert-OH is 1. The molecule has 0 aliphatic carbocycles. The van der Waals surface area contributed by atoms with Crippen LogP contribution in [0, 0.1) is 0 Å². The summed E-state index contributed by atoms with van der Waals surface area (Å²) in [7, 11) is 1.62. The molecule has 0 spiro atoms. The number of aromatic nitrogens is 1. The third-order valence-corrected chi connectivity index (χ3v) is 4.88. The van der Waals surface area contributed by atoms with Crippen molar-refractivity contribution >= 4 is 28.2 Å². The van der Waals surface area contributed by atoms with Gasteiger partial charge in [0, 0.05) is 24.7 Å². The van der Waals surface area contributed by atoms with Crippen molar-refractivity contribution in [3.8, 4) is 0 Å². The van der Waals surface area contributed by atoms with Crippen LogP contribution < -0.4 is 10.2 Å². The molecule has 2 N–H and O–H groups in total. The van der Waals surface area contributed by atoms with Crippen molar-refractivity contribution < 1.29 is 9.90 Å². The van der Waals surface area contributed by atoms with Gasteiger partial charge in [-0.2, -0.15) is 0 Å². The monoisotopic (exact) mass is 347 g/mol. The number of rotatable bonds is 3. The number of anilines is 2. The van der Waals surface area contributed by atoms with Crippen LogP contribution in [0.15, 0.2) is 48.5 Å². The number of nitrogens with zero attached hydrogens (tertiary/aromatic N) is 2. The van der Waals surface area contributed by atoms with E-state index in [0.29, 0.717) is 5.69 Å². The van der Waals surface area contributed by atoms with Crippen LogP contribution in [0.25, 0.3) is 10.8 Å². The Morgan fingerprint density at radius 1 is 1.23 bits per heavy atom. The maximum absolute atomic E-state index is 12.2.